The SMILES string of the molecule is CN(Cc1ccccc1)CC(C(=O)c1ccccc1)C(=O)c1ccc(Br)cc1. The first kappa shape index (κ1) is 20.2. The van der Waals surface area contributed by atoms with Crippen LogP contribution in [0.15, 0.2) is 89.4 Å². The van der Waals surface area contributed by atoms with E-state index in [1.54, 1.807) is 24.3 Å². The Morgan fingerprint density at radius 2 is 1.29 bits per heavy atom. The molecule has 0 aliphatic heterocycles. The summed E-state index contributed by atoms with van der Waals surface area (Å²) in [4.78, 5) is 28.4. The Labute approximate surface area is 174 Å². The first-order valence-corrected chi connectivity index (χ1v) is 9.95. The topological polar surface area (TPSA) is 37.4 Å². The summed E-state index contributed by atoms with van der Waals surface area (Å²) in [5, 5.41) is 0. The van der Waals surface area contributed by atoms with Gasteiger partial charge in [0, 0.05) is 28.7 Å². The minimum Gasteiger partial charge on any atom is -0.301 e. The minimum absolute atomic E-state index is 0.145. The summed E-state index contributed by atoms with van der Waals surface area (Å²) >= 11 is 3.39. The lowest BCUT2D eigenvalue weighted by Crippen LogP contribution is -2.35. The van der Waals surface area contributed by atoms with Crippen LogP contribution >= 0.6 is 15.9 Å². The Morgan fingerprint density at radius 1 is 0.786 bits per heavy atom. The Bertz CT molecular complexity index is 924. The van der Waals surface area contributed by atoms with Gasteiger partial charge < -0.3 is 4.90 Å². The number of nitrogens with zero attached hydrogens (tertiary/aromatic N) is 1. The van der Waals surface area contributed by atoms with E-state index in [2.05, 4.69) is 15.9 Å². The molecule has 4 heteroatoms. The molecule has 0 spiro atoms. The summed E-state index contributed by atoms with van der Waals surface area (Å²) in [6, 6.07) is 26.2. The Kier molecular flexibility index (Phi) is 6.90. The van der Waals surface area contributed by atoms with Gasteiger partial charge in [-0.15, -0.1) is 0 Å². The summed E-state index contributed by atoms with van der Waals surface area (Å²) in [5.41, 5.74) is 2.25. The molecule has 3 aromatic carbocycles. The molecule has 0 aliphatic rings. The highest BCUT2D eigenvalue weighted by Crippen LogP contribution is 2.19. The molecule has 0 aliphatic carbocycles. The predicted octanol–water partition coefficient (Wildman–Crippen LogP) is 5.26. The zero-order chi connectivity index (χ0) is 19.9. The normalized spacial score (nSPS) is 12.0. The number of rotatable bonds is 8. The smallest absolute Gasteiger partial charge is 0.174 e. The lowest BCUT2D eigenvalue weighted by molar-refractivity contribution is 0.0770. The van der Waals surface area contributed by atoms with Gasteiger partial charge in [-0.2, -0.15) is 0 Å². The minimum atomic E-state index is -0.753. The highest BCUT2D eigenvalue weighted by Gasteiger charge is 2.29. The Morgan fingerprint density at radius 3 is 1.86 bits per heavy atom. The van der Waals surface area contributed by atoms with Crippen molar-refractivity contribution in [2.24, 2.45) is 5.92 Å². The zero-order valence-corrected chi connectivity index (χ0v) is 17.3. The van der Waals surface area contributed by atoms with Gasteiger partial charge in [0.1, 0.15) is 0 Å². The lowest BCUT2D eigenvalue weighted by atomic mass is 9.89. The summed E-state index contributed by atoms with van der Waals surface area (Å²) in [7, 11) is 1.94. The highest BCUT2D eigenvalue weighted by atomic mass is 79.9. The molecule has 0 radical (unpaired) electrons. The average molecular weight is 436 g/mol. The van der Waals surface area contributed by atoms with Gasteiger partial charge in [-0.25, -0.2) is 0 Å². The molecule has 0 saturated heterocycles. The van der Waals surface area contributed by atoms with Crippen molar-refractivity contribution in [1.82, 2.24) is 4.90 Å². The van der Waals surface area contributed by atoms with Crippen molar-refractivity contribution in [3.8, 4) is 0 Å². The number of Topliss-reactive ketones (excluding diaryl/α,β-unsaturated/α-hetero) is 2. The second kappa shape index (κ2) is 9.58. The van der Waals surface area contributed by atoms with Gasteiger partial charge in [0.15, 0.2) is 11.6 Å². The van der Waals surface area contributed by atoms with Gasteiger partial charge in [-0.3, -0.25) is 9.59 Å². The van der Waals surface area contributed by atoms with Crippen LogP contribution in [0.5, 0.6) is 0 Å². The molecule has 0 saturated carbocycles. The number of hydrogen-bond donors (Lipinski definition) is 0. The molecule has 1 atom stereocenters. The van der Waals surface area contributed by atoms with E-state index in [1.807, 2.05) is 72.6 Å². The summed E-state index contributed by atoms with van der Waals surface area (Å²) in [6.07, 6.45) is 0. The monoisotopic (exact) mass is 435 g/mol. The maximum atomic E-state index is 13.2. The molecule has 1 unspecified atom stereocenters. The highest BCUT2D eigenvalue weighted by molar-refractivity contribution is 9.10. The number of hydrogen-bond acceptors (Lipinski definition) is 3. The van der Waals surface area contributed by atoms with Crippen LogP contribution in [-0.4, -0.2) is 30.1 Å². The number of halogens is 1. The van der Waals surface area contributed by atoms with Crippen molar-refractivity contribution in [2.45, 2.75) is 6.54 Å². The standard InChI is InChI=1S/C24H22BrNO2/c1-26(16-18-8-4-2-5-9-18)17-22(23(27)19-10-6-3-7-11-19)24(28)20-12-14-21(25)15-13-20/h2-15,22H,16-17H2,1H3. The van der Waals surface area contributed by atoms with Gasteiger partial charge in [0.2, 0.25) is 0 Å². The second-order valence-electron chi connectivity index (χ2n) is 6.84. The van der Waals surface area contributed by atoms with Crippen molar-refractivity contribution in [1.29, 1.82) is 0 Å². The number of ketones is 2. The van der Waals surface area contributed by atoms with Gasteiger partial charge in [-0.05, 0) is 24.7 Å². The van der Waals surface area contributed by atoms with Crippen LogP contribution < -0.4 is 0 Å². The van der Waals surface area contributed by atoms with Gasteiger partial charge in [-0.1, -0.05) is 88.7 Å². The molecule has 3 rings (SSSR count). The first-order chi connectivity index (χ1) is 13.5. The van der Waals surface area contributed by atoms with Crippen molar-refractivity contribution < 1.29 is 9.59 Å². The lowest BCUT2D eigenvalue weighted by Gasteiger charge is -2.23. The molecular formula is C24H22BrNO2. The predicted molar refractivity (Wildman–Crippen MR) is 116 cm³/mol. The van der Waals surface area contributed by atoms with E-state index < -0.39 is 5.92 Å². The van der Waals surface area contributed by atoms with Crippen LogP contribution in [-0.2, 0) is 6.54 Å². The molecule has 0 bridgehead atoms. The quantitative estimate of drug-likeness (QED) is 0.357. The average Bonchev–Trinajstić information content (AvgIpc) is 2.73. The van der Waals surface area contributed by atoms with Crippen LogP contribution in [0.4, 0.5) is 0 Å². The van der Waals surface area contributed by atoms with E-state index in [4.69, 9.17) is 0 Å². The van der Waals surface area contributed by atoms with Crippen LogP contribution in [0.1, 0.15) is 26.3 Å². The van der Waals surface area contributed by atoms with E-state index in [-0.39, 0.29) is 11.6 Å². The van der Waals surface area contributed by atoms with Crippen LogP contribution in [0, 0.1) is 5.92 Å². The molecule has 28 heavy (non-hydrogen) atoms. The Hall–Kier alpha value is -2.56. The molecule has 142 valence electrons. The van der Waals surface area contributed by atoms with Crippen molar-refractivity contribution in [3.63, 3.8) is 0 Å². The second-order valence-corrected chi connectivity index (χ2v) is 7.75. The molecule has 0 aromatic heterocycles. The third kappa shape index (κ3) is 5.24. The van der Waals surface area contributed by atoms with Gasteiger partial charge in [0.05, 0.1) is 5.92 Å². The Balaban J connectivity index is 1.84. The van der Waals surface area contributed by atoms with E-state index in [1.165, 1.54) is 0 Å². The fourth-order valence-electron chi connectivity index (χ4n) is 3.18. The molecular weight excluding hydrogens is 414 g/mol. The van der Waals surface area contributed by atoms with Crippen LogP contribution in [0.2, 0.25) is 0 Å². The molecule has 0 amide bonds. The van der Waals surface area contributed by atoms with E-state index in [0.29, 0.717) is 24.2 Å². The van der Waals surface area contributed by atoms with Crippen LogP contribution in [0.3, 0.4) is 0 Å². The van der Waals surface area contributed by atoms with E-state index in [9.17, 15) is 9.59 Å². The van der Waals surface area contributed by atoms with E-state index in [0.717, 1.165) is 10.0 Å². The number of carbonyl (C=O) groups is 2. The van der Waals surface area contributed by atoms with Gasteiger partial charge in [0.25, 0.3) is 0 Å². The third-order valence-electron chi connectivity index (χ3n) is 4.61. The van der Waals surface area contributed by atoms with E-state index >= 15 is 0 Å². The number of benzene rings is 3. The zero-order valence-electron chi connectivity index (χ0n) is 15.7. The molecule has 0 fully saturated rings. The van der Waals surface area contributed by atoms with Crippen molar-refractivity contribution in [2.75, 3.05) is 13.6 Å². The summed E-state index contributed by atoms with van der Waals surface area (Å²) < 4.78 is 0.899. The number of carbonyl (C=O) groups excluding carboxylic acids is 2. The summed E-state index contributed by atoms with van der Waals surface area (Å²) in [5.74, 6) is -1.05. The summed E-state index contributed by atoms with van der Waals surface area (Å²) in [6.45, 7) is 1.03. The van der Waals surface area contributed by atoms with Crippen molar-refractivity contribution >= 4 is 27.5 Å². The maximum Gasteiger partial charge on any atom is 0.174 e. The van der Waals surface area contributed by atoms with Gasteiger partial charge >= 0.3 is 0 Å². The molecule has 3 aromatic rings. The largest absolute Gasteiger partial charge is 0.301 e. The molecule has 3 nitrogen and oxygen atoms in total. The van der Waals surface area contributed by atoms with Crippen molar-refractivity contribution in [3.05, 3.63) is 106 Å². The fourth-order valence-corrected chi connectivity index (χ4v) is 3.44. The first-order valence-electron chi connectivity index (χ1n) is 9.16. The van der Waals surface area contributed by atoms with Crippen LogP contribution in [0.25, 0.3) is 0 Å². The third-order valence-corrected chi connectivity index (χ3v) is 5.14. The fraction of sp³-hybridized carbons (Fsp3) is 0.167. The molecule has 0 N–H and O–H groups in total. The maximum absolute atomic E-state index is 13.2. The molecule has 0 heterocycles.